The van der Waals surface area contributed by atoms with Gasteiger partial charge in [-0.3, -0.25) is 0 Å². The Balaban J connectivity index is 2.40. The first kappa shape index (κ1) is 6.99. The third kappa shape index (κ3) is 1.41. The summed E-state index contributed by atoms with van der Waals surface area (Å²) in [5.74, 6) is 0. The van der Waals surface area contributed by atoms with E-state index in [0.717, 1.165) is 13.1 Å². The number of likely N-dealkylation sites (N-methyl/N-ethyl adjacent to an activating group) is 1. The van der Waals surface area contributed by atoms with Gasteiger partial charge >= 0.3 is 0 Å². The van der Waals surface area contributed by atoms with Gasteiger partial charge in [0.2, 0.25) is 0 Å². The molecule has 9 heavy (non-hydrogen) atoms. The van der Waals surface area contributed by atoms with Crippen LogP contribution in [0.4, 0.5) is 0 Å². The van der Waals surface area contributed by atoms with E-state index in [1.807, 2.05) is 19.0 Å². The predicted molar refractivity (Wildman–Crippen MR) is 36.4 cm³/mol. The highest BCUT2D eigenvalue weighted by atomic mass is 16.3. The summed E-state index contributed by atoms with van der Waals surface area (Å²) < 4.78 is 0. The molecule has 0 amide bonds. The first-order valence-electron chi connectivity index (χ1n) is 3.27. The van der Waals surface area contributed by atoms with Crippen molar-refractivity contribution in [2.45, 2.75) is 12.1 Å². The van der Waals surface area contributed by atoms with E-state index < -0.39 is 0 Å². The lowest BCUT2D eigenvalue weighted by Gasteiger charge is -2.20. The maximum Gasteiger partial charge on any atom is 0.0831 e. The Morgan fingerprint density at radius 1 is 1.44 bits per heavy atom. The molecule has 0 aromatic rings. The zero-order chi connectivity index (χ0) is 6.85. The second-order valence-corrected chi connectivity index (χ2v) is 2.76. The molecule has 0 radical (unpaired) electrons. The molecule has 0 saturated carbocycles. The number of aliphatic hydroxyl groups excluding tert-OH is 1. The van der Waals surface area contributed by atoms with Gasteiger partial charge in [0.25, 0.3) is 0 Å². The van der Waals surface area contributed by atoms with Crippen LogP contribution >= 0.6 is 0 Å². The molecule has 2 N–H and O–H groups in total. The van der Waals surface area contributed by atoms with Crippen LogP contribution < -0.4 is 5.32 Å². The molecule has 1 heterocycles. The van der Waals surface area contributed by atoms with Crippen LogP contribution in [0, 0.1) is 0 Å². The Hall–Kier alpha value is -0.120. The molecule has 0 aromatic heterocycles. The average molecular weight is 130 g/mol. The fourth-order valence-corrected chi connectivity index (χ4v) is 1.18. The van der Waals surface area contributed by atoms with E-state index >= 15 is 0 Å². The van der Waals surface area contributed by atoms with Gasteiger partial charge in [-0.05, 0) is 14.1 Å². The van der Waals surface area contributed by atoms with Crippen LogP contribution in [0.25, 0.3) is 0 Å². The van der Waals surface area contributed by atoms with Gasteiger partial charge in [-0.15, -0.1) is 0 Å². The first-order valence-corrected chi connectivity index (χ1v) is 3.27. The van der Waals surface area contributed by atoms with Crippen molar-refractivity contribution in [3.05, 3.63) is 0 Å². The fraction of sp³-hybridized carbons (Fsp3) is 1.00. The van der Waals surface area contributed by atoms with Crippen LogP contribution in [0.15, 0.2) is 0 Å². The highest BCUT2D eigenvalue weighted by molar-refractivity contribution is 4.85. The molecule has 0 aliphatic carbocycles. The SMILES string of the molecule is CN(C)C1CNC[C@H]1O. The van der Waals surface area contributed by atoms with Gasteiger partial charge in [0.1, 0.15) is 0 Å². The third-order valence-electron chi connectivity index (χ3n) is 1.81. The maximum atomic E-state index is 9.26. The van der Waals surface area contributed by atoms with Crippen LogP contribution in [0.3, 0.4) is 0 Å². The molecule has 1 fully saturated rings. The van der Waals surface area contributed by atoms with E-state index in [1.165, 1.54) is 0 Å². The molecule has 1 rings (SSSR count). The van der Waals surface area contributed by atoms with E-state index in [-0.39, 0.29) is 6.10 Å². The number of nitrogens with one attached hydrogen (secondary N) is 1. The monoisotopic (exact) mass is 130 g/mol. The molecular weight excluding hydrogens is 116 g/mol. The molecule has 0 aromatic carbocycles. The summed E-state index contributed by atoms with van der Waals surface area (Å²) in [5.41, 5.74) is 0. The van der Waals surface area contributed by atoms with Crippen molar-refractivity contribution in [3.63, 3.8) is 0 Å². The molecule has 1 aliphatic rings. The number of hydrogen-bond donors (Lipinski definition) is 2. The van der Waals surface area contributed by atoms with Gasteiger partial charge in [-0.25, -0.2) is 0 Å². The lowest BCUT2D eigenvalue weighted by Crippen LogP contribution is -2.37. The van der Waals surface area contributed by atoms with Crippen LogP contribution in [0.1, 0.15) is 0 Å². The van der Waals surface area contributed by atoms with Gasteiger partial charge < -0.3 is 15.3 Å². The Morgan fingerprint density at radius 3 is 2.33 bits per heavy atom. The van der Waals surface area contributed by atoms with Crippen molar-refractivity contribution in [1.82, 2.24) is 10.2 Å². The van der Waals surface area contributed by atoms with E-state index in [1.54, 1.807) is 0 Å². The Kier molecular flexibility index (Phi) is 2.05. The minimum Gasteiger partial charge on any atom is -0.390 e. The lowest BCUT2D eigenvalue weighted by molar-refractivity contribution is 0.114. The number of β-amino-alcohol motifs (C(OH)–C–C–N with tert-alkyl or cyclic N) is 1. The second-order valence-electron chi connectivity index (χ2n) is 2.76. The van der Waals surface area contributed by atoms with Gasteiger partial charge in [-0.2, -0.15) is 0 Å². The summed E-state index contributed by atoms with van der Waals surface area (Å²) in [6, 6.07) is 0.310. The average Bonchev–Trinajstić information content (AvgIpc) is 2.13. The second kappa shape index (κ2) is 2.64. The minimum atomic E-state index is -0.181. The smallest absolute Gasteiger partial charge is 0.0831 e. The number of aliphatic hydroxyl groups is 1. The third-order valence-corrected chi connectivity index (χ3v) is 1.81. The zero-order valence-corrected chi connectivity index (χ0v) is 5.96. The molecule has 54 valence electrons. The van der Waals surface area contributed by atoms with Crippen molar-refractivity contribution in [2.24, 2.45) is 0 Å². The van der Waals surface area contributed by atoms with E-state index in [9.17, 15) is 5.11 Å². The molecule has 1 aliphatic heterocycles. The van der Waals surface area contributed by atoms with Crippen molar-refractivity contribution < 1.29 is 5.11 Å². The zero-order valence-electron chi connectivity index (χ0n) is 5.96. The summed E-state index contributed by atoms with van der Waals surface area (Å²) in [4.78, 5) is 2.05. The van der Waals surface area contributed by atoms with Crippen molar-refractivity contribution in [2.75, 3.05) is 27.2 Å². The fourth-order valence-electron chi connectivity index (χ4n) is 1.18. The van der Waals surface area contributed by atoms with Gasteiger partial charge in [0, 0.05) is 19.1 Å². The molecule has 3 nitrogen and oxygen atoms in total. The predicted octanol–water partition coefficient (Wildman–Crippen LogP) is -1.12. The number of nitrogens with zero attached hydrogens (tertiary/aromatic N) is 1. The summed E-state index contributed by atoms with van der Waals surface area (Å²) in [5, 5.41) is 12.4. The molecule has 1 saturated heterocycles. The normalized spacial score (nSPS) is 36.0. The quantitative estimate of drug-likeness (QED) is 0.472. The number of rotatable bonds is 1. The van der Waals surface area contributed by atoms with Crippen molar-refractivity contribution in [1.29, 1.82) is 0 Å². The largest absolute Gasteiger partial charge is 0.390 e. The summed E-state index contributed by atoms with van der Waals surface area (Å²) >= 11 is 0. The summed E-state index contributed by atoms with van der Waals surface area (Å²) in [6.07, 6.45) is -0.181. The van der Waals surface area contributed by atoms with E-state index in [0.29, 0.717) is 6.04 Å². The molecular formula is C6H14N2O. The van der Waals surface area contributed by atoms with Crippen molar-refractivity contribution >= 4 is 0 Å². The Labute approximate surface area is 55.7 Å². The topological polar surface area (TPSA) is 35.5 Å². The van der Waals surface area contributed by atoms with Crippen LogP contribution in [-0.4, -0.2) is 49.3 Å². The highest BCUT2D eigenvalue weighted by Gasteiger charge is 2.25. The Morgan fingerprint density at radius 2 is 2.11 bits per heavy atom. The summed E-state index contributed by atoms with van der Waals surface area (Å²) in [6.45, 7) is 1.65. The molecule has 0 spiro atoms. The van der Waals surface area contributed by atoms with E-state index in [4.69, 9.17) is 0 Å². The van der Waals surface area contributed by atoms with E-state index in [2.05, 4.69) is 5.32 Å². The summed E-state index contributed by atoms with van der Waals surface area (Å²) in [7, 11) is 3.97. The lowest BCUT2D eigenvalue weighted by atomic mass is 10.2. The number of hydrogen-bond acceptors (Lipinski definition) is 3. The molecule has 0 bridgehead atoms. The first-order chi connectivity index (χ1) is 4.22. The standard InChI is InChI=1S/C6H14N2O/c1-8(2)5-3-7-4-6(5)9/h5-7,9H,3-4H2,1-2H3/t5?,6-/m1/s1. The highest BCUT2D eigenvalue weighted by Crippen LogP contribution is 2.03. The minimum absolute atomic E-state index is 0.181. The van der Waals surface area contributed by atoms with Crippen LogP contribution in [0.5, 0.6) is 0 Å². The molecule has 1 unspecified atom stereocenters. The van der Waals surface area contributed by atoms with Crippen LogP contribution in [0.2, 0.25) is 0 Å². The van der Waals surface area contributed by atoms with Gasteiger partial charge in [0.15, 0.2) is 0 Å². The molecule has 3 heteroatoms. The Bertz CT molecular complexity index is 95.1. The van der Waals surface area contributed by atoms with Crippen molar-refractivity contribution in [3.8, 4) is 0 Å². The molecule has 2 atom stereocenters. The van der Waals surface area contributed by atoms with Gasteiger partial charge in [0.05, 0.1) is 6.10 Å². The maximum absolute atomic E-state index is 9.26. The van der Waals surface area contributed by atoms with Crippen LogP contribution in [-0.2, 0) is 0 Å². The van der Waals surface area contributed by atoms with Gasteiger partial charge in [-0.1, -0.05) is 0 Å².